The Hall–Kier alpha value is -2.21. The first-order valence-corrected chi connectivity index (χ1v) is 6.44. The molecule has 6 nitrogen and oxygen atoms in total. The Morgan fingerprint density at radius 1 is 1.40 bits per heavy atom. The van der Waals surface area contributed by atoms with Crippen molar-refractivity contribution in [3.63, 3.8) is 0 Å². The molecular weight excluding hydrogens is 258 g/mol. The number of benzene rings is 1. The molecule has 0 aliphatic heterocycles. The molecule has 2 N–H and O–H groups in total. The highest BCUT2D eigenvalue weighted by Gasteiger charge is 2.18. The van der Waals surface area contributed by atoms with E-state index in [1.54, 1.807) is 18.2 Å². The van der Waals surface area contributed by atoms with Gasteiger partial charge in [0, 0.05) is 23.3 Å². The lowest BCUT2D eigenvalue weighted by Crippen LogP contribution is -2.29. The summed E-state index contributed by atoms with van der Waals surface area (Å²) in [4.78, 5) is 14.7. The molecule has 0 saturated carbocycles. The number of rotatable bonds is 5. The molecule has 1 heterocycles. The van der Waals surface area contributed by atoms with Crippen molar-refractivity contribution in [1.29, 1.82) is 0 Å². The average Bonchev–Trinajstić information content (AvgIpc) is 2.43. The molecular formula is C14H17N3O3. The van der Waals surface area contributed by atoms with Crippen LogP contribution in [0.15, 0.2) is 30.5 Å². The fourth-order valence-corrected chi connectivity index (χ4v) is 2.05. The predicted molar refractivity (Wildman–Crippen MR) is 77.7 cm³/mol. The van der Waals surface area contributed by atoms with E-state index >= 15 is 0 Å². The van der Waals surface area contributed by atoms with E-state index in [2.05, 4.69) is 10.3 Å². The quantitative estimate of drug-likeness (QED) is 0.646. The fraction of sp³-hybridized carbons (Fsp3) is 0.357. The van der Waals surface area contributed by atoms with Crippen molar-refractivity contribution in [2.75, 3.05) is 11.9 Å². The van der Waals surface area contributed by atoms with Gasteiger partial charge < -0.3 is 10.4 Å². The lowest BCUT2D eigenvalue weighted by atomic mass is 10.0. The number of nitrogens with one attached hydrogen (secondary N) is 1. The van der Waals surface area contributed by atoms with Gasteiger partial charge in [-0.1, -0.05) is 13.8 Å². The number of fused-ring (bicyclic) bond motifs is 1. The van der Waals surface area contributed by atoms with Gasteiger partial charge in [-0.2, -0.15) is 0 Å². The maximum absolute atomic E-state index is 11.0. The van der Waals surface area contributed by atoms with Gasteiger partial charge in [0.25, 0.3) is 5.69 Å². The predicted octanol–water partition coefficient (Wildman–Crippen LogP) is 2.57. The van der Waals surface area contributed by atoms with Gasteiger partial charge in [-0.25, -0.2) is 4.98 Å². The third-order valence-corrected chi connectivity index (χ3v) is 3.29. The summed E-state index contributed by atoms with van der Waals surface area (Å²) in [5.41, 5.74) is 1.07. The number of non-ortho nitro benzene ring substituents is 1. The van der Waals surface area contributed by atoms with Gasteiger partial charge in [0.2, 0.25) is 0 Å². The highest BCUT2D eigenvalue weighted by molar-refractivity contribution is 5.96. The molecule has 1 aromatic carbocycles. The first-order valence-electron chi connectivity index (χ1n) is 6.44. The second-order valence-electron chi connectivity index (χ2n) is 4.97. The molecule has 0 fully saturated rings. The Morgan fingerprint density at radius 2 is 2.15 bits per heavy atom. The molecule has 0 aliphatic carbocycles. The number of pyridine rings is 1. The van der Waals surface area contributed by atoms with Crippen LogP contribution >= 0.6 is 0 Å². The Morgan fingerprint density at radius 3 is 2.75 bits per heavy atom. The monoisotopic (exact) mass is 275 g/mol. The van der Waals surface area contributed by atoms with Crippen molar-refractivity contribution in [2.45, 2.75) is 19.9 Å². The SMILES string of the molecule is CC(C)[C@@H](CO)Nc1ccc([N+](=O)[O-])c2ncccc12. The third-order valence-electron chi connectivity index (χ3n) is 3.29. The minimum atomic E-state index is -0.439. The zero-order valence-electron chi connectivity index (χ0n) is 11.4. The second-order valence-corrected chi connectivity index (χ2v) is 4.97. The Kier molecular flexibility index (Phi) is 4.14. The van der Waals surface area contributed by atoms with Crippen LogP contribution in [-0.2, 0) is 0 Å². The van der Waals surface area contributed by atoms with Crippen LogP contribution in [-0.4, -0.2) is 27.7 Å². The van der Waals surface area contributed by atoms with E-state index in [4.69, 9.17) is 0 Å². The largest absolute Gasteiger partial charge is 0.394 e. The van der Waals surface area contributed by atoms with Crippen LogP contribution < -0.4 is 5.32 Å². The summed E-state index contributed by atoms with van der Waals surface area (Å²) in [6.45, 7) is 4.00. The van der Waals surface area contributed by atoms with Crippen molar-refractivity contribution in [2.24, 2.45) is 5.92 Å². The van der Waals surface area contributed by atoms with Gasteiger partial charge in [0.05, 0.1) is 17.6 Å². The van der Waals surface area contributed by atoms with E-state index in [-0.39, 0.29) is 24.3 Å². The van der Waals surface area contributed by atoms with E-state index in [1.165, 1.54) is 12.3 Å². The van der Waals surface area contributed by atoms with Gasteiger partial charge in [0.1, 0.15) is 5.52 Å². The lowest BCUT2D eigenvalue weighted by molar-refractivity contribution is -0.383. The number of aliphatic hydroxyl groups is 1. The van der Waals surface area contributed by atoms with Gasteiger partial charge in [-0.15, -0.1) is 0 Å². The van der Waals surface area contributed by atoms with E-state index in [9.17, 15) is 15.2 Å². The molecule has 0 saturated heterocycles. The van der Waals surface area contributed by atoms with Crippen LogP contribution in [0.4, 0.5) is 11.4 Å². The summed E-state index contributed by atoms with van der Waals surface area (Å²) in [5, 5.41) is 24.3. The van der Waals surface area contributed by atoms with E-state index in [1.807, 2.05) is 13.8 Å². The molecule has 0 bridgehead atoms. The van der Waals surface area contributed by atoms with Crippen molar-refractivity contribution < 1.29 is 10.0 Å². The Balaban J connectivity index is 2.50. The Bertz CT molecular complexity index is 628. The minimum absolute atomic E-state index is 0.00356. The van der Waals surface area contributed by atoms with Crippen LogP contribution in [0.25, 0.3) is 10.9 Å². The maximum atomic E-state index is 11.0. The molecule has 106 valence electrons. The summed E-state index contributed by atoms with van der Waals surface area (Å²) in [7, 11) is 0. The Labute approximate surface area is 116 Å². The first-order chi connectivity index (χ1) is 9.54. The number of hydrogen-bond acceptors (Lipinski definition) is 5. The average molecular weight is 275 g/mol. The minimum Gasteiger partial charge on any atom is -0.394 e. The molecule has 0 amide bonds. The molecule has 1 atom stereocenters. The van der Waals surface area contributed by atoms with E-state index in [0.717, 1.165) is 5.69 Å². The van der Waals surface area contributed by atoms with Gasteiger partial charge in [-0.3, -0.25) is 10.1 Å². The molecule has 0 radical (unpaired) electrons. The molecule has 0 unspecified atom stereocenters. The highest BCUT2D eigenvalue weighted by atomic mass is 16.6. The normalized spacial score (nSPS) is 12.6. The smallest absolute Gasteiger partial charge is 0.295 e. The summed E-state index contributed by atoms with van der Waals surface area (Å²) in [6.07, 6.45) is 1.53. The van der Waals surface area contributed by atoms with Crippen molar-refractivity contribution >= 4 is 22.3 Å². The van der Waals surface area contributed by atoms with Crippen LogP contribution in [0.3, 0.4) is 0 Å². The fourth-order valence-electron chi connectivity index (χ4n) is 2.05. The molecule has 1 aromatic heterocycles. The van der Waals surface area contributed by atoms with E-state index in [0.29, 0.717) is 10.9 Å². The zero-order chi connectivity index (χ0) is 14.7. The second kappa shape index (κ2) is 5.83. The van der Waals surface area contributed by atoms with Crippen molar-refractivity contribution in [3.05, 3.63) is 40.6 Å². The van der Waals surface area contributed by atoms with Gasteiger partial charge in [0.15, 0.2) is 0 Å². The maximum Gasteiger partial charge on any atom is 0.295 e. The number of nitro benzene ring substituents is 1. The summed E-state index contributed by atoms with van der Waals surface area (Å²) in [6, 6.07) is 6.51. The van der Waals surface area contributed by atoms with Gasteiger partial charge >= 0.3 is 0 Å². The first kappa shape index (κ1) is 14.2. The third kappa shape index (κ3) is 2.70. The van der Waals surface area contributed by atoms with Crippen LogP contribution in [0, 0.1) is 16.0 Å². The number of anilines is 1. The molecule has 0 aliphatic rings. The van der Waals surface area contributed by atoms with E-state index < -0.39 is 4.92 Å². The van der Waals surface area contributed by atoms with Crippen molar-refractivity contribution in [1.82, 2.24) is 4.98 Å². The standard InChI is InChI=1S/C14H17N3O3/c1-9(2)12(8-18)16-11-5-6-13(17(19)20)14-10(11)4-3-7-15-14/h3-7,9,12,16,18H,8H2,1-2H3/t12-/m1/s1. The molecule has 2 aromatic rings. The number of nitro groups is 1. The molecule has 0 spiro atoms. The van der Waals surface area contributed by atoms with Gasteiger partial charge in [-0.05, 0) is 24.1 Å². The van der Waals surface area contributed by atoms with Crippen LogP contribution in [0.2, 0.25) is 0 Å². The number of aromatic nitrogens is 1. The highest BCUT2D eigenvalue weighted by Crippen LogP contribution is 2.30. The summed E-state index contributed by atoms with van der Waals surface area (Å²) >= 11 is 0. The molecule has 2 rings (SSSR count). The topological polar surface area (TPSA) is 88.3 Å². The van der Waals surface area contributed by atoms with Crippen LogP contribution in [0.1, 0.15) is 13.8 Å². The van der Waals surface area contributed by atoms with Crippen LogP contribution in [0.5, 0.6) is 0 Å². The number of nitrogens with zero attached hydrogens (tertiary/aromatic N) is 2. The number of aliphatic hydroxyl groups excluding tert-OH is 1. The summed E-state index contributed by atoms with van der Waals surface area (Å²) < 4.78 is 0. The molecule has 6 heteroatoms. The lowest BCUT2D eigenvalue weighted by Gasteiger charge is -2.22. The summed E-state index contributed by atoms with van der Waals surface area (Å²) in [5.74, 6) is 0.238. The molecule has 20 heavy (non-hydrogen) atoms. The number of hydrogen-bond donors (Lipinski definition) is 2. The van der Waals surface area contributed by atoms with Crippen molar-refractivity contribution in [3.8, 4) is 0 Å². The zero-order valence-corrected chi connectivity index (χ0v) is 11.4.